The Bertz CT molecular complexity index is 1970. The number of carbonyl (C=O) groups excluding carboxylic acids is 1. The van der Waals surface area contributed by atoms with Crippen LogP contribution in [0.5, 0.6) is 28.7 Å². The molecule has 6 N–H and O–H groups in total. The van der Waals surface area contributed by atoms with Gasteiger partial charge in [-0.3, -0.25) is 9.59 Å². The Hall–Kier alpha value is -5.28. The van der Waals surface area contributed by atoms with E-state index in [4.69, 9.17) is 23.4 Å². The Balaban J connectivity index is 1.47. The molecule has 43 heavy (non-hydrogen) atoms. The largest absolute Gasteiger partial charge is 0.504 e. The second-order valence-electron chi connectivity index (χ2n) is 10.9. The highest BCUT2D eigenvalue weighted by Gasteiger charge is 2.64. The van der Waals surface area contributed by atoms with Crippen LogP contribution in [0.25, 0.3) is 16.7 Å². The number of hydrogen-bond acceptors (Lipinski definition) is 13. The summed E-state index contributed by atoms with van der Waals surface area (Å²) in [7, 11) is 0. The predicted octanol–water partition coefficient (Wildman–Crippen LogP) is 2.11. The maximum atomic E-state index is 14.2. The van der Waals surface area contributed by atoms with Crippen molar-refractivity contribution in [2.45, 2.75) is 37.9 Å². The highest BCUT2D eigenvalue weighted by atomic mass is 16.8. The maximum Gasteiger partial charge on any atom is 0.340 e. The highest BCUT2D eigenvalue weighted by Crippen LogP contribution is 2.57. The molecule has 3 aromatic rings. The van der Waals surface area contributed by atoms with Gasteiger partial charge >= 0.3 is 11.9 Å². The number of ketones is 1. The number of ether oxygens (including phenoxy) is 4. The summed E-state index contributed by atoms with van der Waals surface area (Å²) in [4.78, 5) is 52.2. The number of aromatic hydroxyl groups is 4. The van der Waals surface area contributed by atoms with Gasteiger partial charge in [-0.2, -0.15) is 0 Å². The zero-order valence-corrected chi connectivity index (χ0v) is 22.1. The zero-order chi connectivity index (χ0) is 30.9. The van der Waals surface area contributed by atoms with Crippen molar-refractivity contribution >= 4 is 34.5 Å². The lowest BCUT2D eigenvalue weighted by molar-refractivity contribution is -0.413. The number of hydrogen-bond donors (Lipinski definition) is 6. The molecule has 4 aliphatic rings. The van der Waals surface area contributed by atoms with E-state index >= 15 is 0 Å². The van der Waals surface area contributed by atoms with Crippen LogP contribution in [0, 0.1) is 5.92 Å². The van der Waals surface area contributed by atoms with Crippen molar-refractivity contribution in [3.8, 4) is 28.7 Å². The number of phenolic OH excluding ortho intramolecular Hbond substituents is 2. The topological polar surface area (TPSA) is 240 Å². The molecule has 2 aromatic carbocycles. The molecule has 222 valence electrons. The summed E-state index contributed by atoms with van der Waals surface area (Å²) in [5.74, 6) is -13.2. The Kier molecular flexibility index (Phi) is 5.06. The van der Waals surface area contributed by atoms with E-state index in [2.05, 4.69) is 0 Å². The monoisotopic (exact) mass is 596 g/mol. The summed E-state index contributed by atoms with van der Waals surface area (Å²) in [6, 6.07) is 1.87. The molecule has 1 fully saturated rings. The molecule has 4 atom stereocenters. The number of carboxylic acid groups (broad SMARTS) is 2. The summed E-state index contributed by atoms with van der Waals surface area (Å²) in [6.45, 7) is 2.41. The first-order valence-corrected chi connectivity index (χ1v) is 12.7. The lowest BCUT2D eigenvalue weighted by atomic mass is 9.75. The highest BCUT2D eigenvalue weighted by molar-refractivity contribution is 6.10. The number of benzene rings is 2. The van der Waals surface area contributed by atoms with Gasteiger partial charge in [0, 0.05) is 19.1 Å². The van der Waals surface area contributed by atoms with Gasteiger partial charge in [-0.1, -0.05) is 0 Å². The molecule has 0 saturated carbocycles. The molecule has 0 aliphatic carbocycles. The van der Waals surface area contributed by atoms with Crippen LogP contribution in [-0.4, -0.2) is 66.5 Å². The fourth-order valence-electron chi connectivity index (χ4n) is 6.43. The summed E-state index contributed by atoms with van der Waals surface area (Å²) < 4.78 is 30.0. The number of aromatic carboxylic acids is 2. The molecule has 1 saturated heterocycles. The van der Waals surface area contributed by atoms with E-state index in [9.17, 15) is 49.8 Å². The molecule has 4 unspecified atom stereocenters. The molecule has 15 nitrogen and oxygen atoms in total. The van der Waals surface area contributed by atoms with Crippen molar-refractivity contribution in [1.29, 1.82) is 0 Å². The number of fused-ring (bicyclic) bond motifs is 9. The predicted molar refractivity (Wildman–Crippen MR) is 137 cm³/mol. The third-order valence-corrected chi connectivity index (χ3v) is 8.11. The average molecular weight is 596 g/mol. The second kappa shape index (κ2) is 8.17. The molecule has 0 spiro atoms. The van der Waals surface area contributed by atoms with Gasteiger partial charge in [0.05, 0.1) is 28.5 Å². The SMILES string of the molecule is CC12Cc3oc4cc(O)c(O)c(C(=O)O)c4c(=O)c3C(O1)C1C(=O)C3=C(OC1(C)O2)c1c(cc(O)c(O)c1C(=O)O)OC3. The van der Waals surface area contributed by atoms with E-state index in [1.807, 2.05) is 0 Å². The van der Waals surface area contributed by atoms with E-state index in [1.54, 1.807) is 0 Å². The number of carboxylic acids is 2. The zero-order valence-electron chi connectivity index (χ0n) is 22.1. The minimum atomic E-state index is -1.92. The van der Waals surface area contributed by atoms with Crippen LogP contribution in [0.15, 0.2) is 26.9 Å². The Morgan fingerprint density at radius 2 is 1.60 bits per heavy atom. The Morgan fingerprint density at radius 3 is 2.28 bits per heavy atom. The van der Waals surface area contributed by atoms with Gasteiger partial charge in [0.1, 0.15) is 52.6 Å². The molecular weight excluding hydrogens is 576 g/mol. The smallest absolute Gasteiger partial charge is 0.340 e. The summed E-state index contributed by atoms with van der Waals surface area (Å²) in [6.07, 6.45) is -1.69. The minimum absolute atomic E-state index is 0.0221. The van der Waals surface area contributed by atoms with Gasteiger partial charge in [-0.05, 0) is 6.92 Å². The molecule has 0 amide bonds. The van der Waals surface area contributed by atoms with Crippen LogP contribution in [-0.2, 0) is 25.4 Å². The molecule has 2 bridgehead atoms. The lowest BCUT2D eigenvalue weighted by Gasteiger charge is -2.55. The van der Waals surface area contributed by atoms with Gasteiger partial charge < -0.3 is 54.0 Å². The van der Waals surface area contributed by atoms with Gasteiger partial charge in [0.2, 0.25) is 5.79 Å². The Morgan fingerprint density at radius 1 is 0.953 bits per heavy atom. The van der Waals surface area contributed by atoms with Crippen molar-refractivity contribution in [1.82, 2.24) is 0 Å². The molecule has 0 radical (unpaired) electrons. The Labute approximate surface area is 238 Å². The van der Waals surface area contributed by atoms with Crippen molar-refractivity contribution in [2.75, 3.05) is 6.61 Å². The van der Waals surface area contributed by atoms with Crippen molar-refractivity contribution in [2.24, 2.45) is 5.92 Å². The third kappa shape index (κ3) is 3.36. The fraction of sp³-hybridized carbons (Fsp3) is 0.286. The molecular formula is C28H20O15. The quantitative estimate of drug-likeness (QED) is 0.232. The first kappa shape index (κ1) is 26.6. The molecule has 5 heterocycles. The summed E-state index contributed by atoms with van der Waals surface area (Å²) in [5, 5.41) is 59.7. The standard InChI is InChI=1S/C28H20O15/c1-27-5-12-15(22(34)13-11(40-12)4-9(30)20(32)16(13)25(35)36)24(41-27)18-19(31)7-6-39-10-3-8(29)21(33)17(26(37)38)14(10)23(7)42-28(18,2)43-27/h3-4,18,24,29-30,32-33H,5-6H2,1-2H3,(H,35,36)(H,37,38). The van der Waals surface area contributed by atoms with Crippen molar-refractivity contribution in [3.05, 3.63) is 55.9 Å². The number of phenols is 4. The molecule has 4 aliphatic heterocycles. The lowest BCUT2D eigenvalue weighted by Crippen LogP contribution is -2.64. The van der Waals surface area contributed by atoms with Crippen LogP contribution < -0.4 is 10.2 Å². The van der Waals surface area contributed by atoms with Crippen molar-refractivity contribution in [3.63, 3.8) is 0 Å². The second-order valence-corrected chi connectivity index (χ2v) is 10.9. The molecule has 1 aromatic heterocycles. The average Bonchev–Trinajstić information content (AvgIpc) is 2.89. The van der Waals surface area contributed by atoms with Gasteiger partial charge in [-0.15, -0.1) is 0 Å². The van der Waals surface area contributed by atoms with E-state index < -0.39 is 92.9 Å². The summed E-state index contributed by atoms with van der Waals surface area (Å²) in [5.41, 5.74) is -3.68. The molecule has 15 heteroatoms. The van der Waals surface area contributed by atoms with E-state index in [-0.39, 0.29) is 46.0 Å². The number of Topliss-reactive ketones (excluding diaryl/α,β-unsaturated/α-hetero) is 1. The van der Waals surface area contributed by atoms with E-state index in [0.29, 0.717) is 0 Å². The van der Waals surface area contributed by atoms with Crippen LogP contribution >= 0.6 is 0 Å². The summed E-state index contributed by atoms with van der Waals surface area (Å²) >= 11 is 0. The molecule has 7 rings (SSSR count). The number of rotatable bonds is 2. The van der Waals surface area contributed by atoms with Gasteiger partial charge in [-0.25, -0.2) is 9.59 Å². The maximum absolute atomic E-state index is 14.2. The van der Waals surface area contributed by atoms with Crippen molar-refractivity contribution < 1.29 is 68.4 Å². The van der Waals surface area contributed by atoms with Gasteiger partial charge in [0.25, 0.3) is 0 Å². The van der Waals surface area contributed by atoms with E-state index in [0.717, 1.165) is 12.1 Å². The van der Waals surface area contributed by atoms with Gasteiger partial charge in [0.15, 0.2) is 40.0 Å². The van der Waals surface area contributed by atoms with Crippen LogP contribution in [0.1, 0.15) is 57.6 Å². The van der Waals surface area contributed by atoms with Crippen LogP contribution in [0.4, 0.5) is 0 Å². The van der Waals surface area contributed by atoms with Crippen LogP contribution in [0.3, 0.4) is 0 Å². The normalized spacial score (nSPS) is 26.9. The number of carbonyl (C=O) groups is 3. The first-order valence-electron chi connectivity index (χ1n) is 12.7. The van der Waals surface area contributed by atoms with Crippen LogP contribution in [0.2, 0.25) is 0 Å². The first-order chi connectivity index (χ1) is 20.2. The van der Waals surface area contributed by atoms with E-state index in [1.165, 1.54) is 13.8 Å². The fourth-order valence-corrected chi connectivity index (χ4v) is 6.43. The third-order valence-electron chi connectivity index (χ3n) is 8.11. The minimum Gasteiger partial charge on any atom is -0.504 e.